The molecule has 0 amide bonds. The molecule has 4 nitrogen and oxygen atoms in total. The van der Waals surface area contributed by atoms with Crippen molar-refractivity contribution in [2.45, 2.75) is 34.3 Å². The molecule has 0 bridgehead atoms. The first-order valence-corrected chi connectivity index (χ1v) is 7.10. The minimum absolute atomic E-state index is 0.0202. The Bertz CT molecular complexity index is 556. The molecule has 20 heavy (non-hydrogen) atoms. The van der Waals surface area contributed by atoms with Gasteiger partial charge in [-0.1, -0.05) is 37.1 Å². The van der Waals surface area contributed by atoms with Crippen molar-refractivity contribution >= 4 is 17.6 Å². The number of halogens is 1. The van der Waals surface area contributed by atoms with Gasteiger partial charge in [0.1, 0.15) is 17.6 Å². The molecule has 1 fully saturated rings. The van der Waals surface area contributed by atoms with Crippen LogP contribution in [-0.4, -0.2) is 15.5 Å². The highest BCUT2D eigenvalue weighted by molar-refractivity contribution is 6.29. The predicted octanol–water partition coefficient (Wildman–Crippen LogP) is 3.36. The van der Waals surface area contributed by atoms with Gasteiger partial charge in [-0.15, -0.1) is 0 Å². The number of hydrogen-bond donors (Lipinski definition) is 0. The van der Waals surface area contributed by atoms with Gasteiger partial charge in [-0.3, -0.25) is 4.79 Å². The van der Waals surface area contributed by atoms with Gasteiger partial charge in [-0.05, 0) is 25.2 Å². The SMILES string of the molecule is CC(C)=C[C@H]1[C@H](C(=O)OCc2ncc(Cl)n2C)C1(C)C. The number of allylic oxidation sites excluding steroid dienone is 2. The quantitative estimate of drug-likeness (QED) is 0.632. The molecule has 2 rings (SSSR count). The standard InChI is InChI=1S/C15H21ClN2O2/c1-9(2)6-10-13(15(10,3)4)14(19)20-8-12-17-7-11(16)18(12)5/h6-7,10,13H,8H2,1-5H3/t10-,13+/m0/s1. The van der Waals surface area contributed by atoms with Crippen LogP contribution in [0, 0.1) is 17.3 Å². The van der Waals surface area contributed by atoms with Crippen LogP contribution in [0.4, 0.5) is 0 Å². The minimum atomic E-state index is -0.156. The molecular weight excluding hydrogens is 276 g/mol. The topological polar surface area (TPSA) is 44.1 Å². The molecule has 0 spiro atoms. The average Bonchev–Trinajstić information content (AvgIpc) is 2.71. The maximum atomic E-state index is 12.2. The monoisotopic (exact) mass is 296 g/mol. The van der Waals surface area contributed by atoms with E-state index in [2.05, 4.69) is 24.9 Å². The highest BCUT2D eigenvalue weighted by Crippen LogP contribution is 2.59. The van der Waals surface area contributed by atoms with E-state index >= 15 is 0 Å². The molecule has 5 heteroatoms. The van der Waals surface area contributed by atoms with E-state index in [0.717, 1.165) is 0 Å². The zero-order valence-electron chi connectivity index (χ0n) is 12.6. The third-order valence-corrected chi connectivity index (χ3v) is 4.40. The minimum Gasteiger partial charge on any atom is -0.457 e. The molecule has 1 aliphatic rings. The van der Waals surface area contributed by atoms with Crippen LogP contribution in [0.5, 0.6) is 0 Å². The number of esters is 1. The van der Waals surface area contributed by atoms with Crippen molar-refractivity contribution in [1.82, 2.24) is 9.55 Å². The molecule has 1 aromatic rings. The van der Waals surface area contributed by atoms with Gasteiger partial charge < -0.3 is 9.30 Å². The summed E-state index contributed by atoms with van der Waals surface area (Å²) in [5.74, 6) is 0.704. The number of ether oxygens (including phenoxy) is 1. The molecule has 1 aromatic heterocycles. The van der Waals surface area contributed by atoms with Crippen LogP contribution in [-0.2, 0) is 23.2 Å². The summed E-state index contributed by atoms with van der Waals surface area (Å²) in [7, 11) is 1.80. The molecule has 1 aliphatic carbocycles. The summed E-state index contributed by atoms with van der Waals surface area (Å²) >= 11 is 5.90. The maximum Gasteiger partial charge on any atom is 0.310 e. The fraction of sp³-hybridized carbons (Fsp3) is 0.600. The van der Waals surface area contributed by atoms with Crippen molar-refractivity contribution in [2.24, 2.45) is 24.3 Å². The Balaban J connectivity index is 1.97. The van der Waals surface area contributed by atoms with Crippen molar-refractivity contribution in [3.63, 3.8) is 0 Å². The number of rotatable bonds is 4. The lowest BCUT2D eigenvalue weighted by atomic mass is 10.1. The lowest BCUT2D eigenvalue weighted by molar-refractivity contribution is -0.147. The smallest absolute Gasteiger partial charge is 0.310 e. The van der Waals surface area contributed by atoms with E-state index in [1.54, 1.807) is 17.8 Å². The van der Waals surface area contributed by atoms with Gasteiger partial charge >= 0.3 is 5.97 Å². The molecule has 0 N–H and O–H groups in total. The maximum absolute atomic E-state index is 12.2. The van der Waals surface area contributed by atoms with Crippen LogP contribution in [0.15, 0.2) is 17.8 Å². The van der Waals surface area contributed by atoms with Gasteiger partial charge in [-0.25, -0.2) is 4.98 Å². The molecular formula is C15H21ClN2O2. The van der Waals surface area contributed by atoms with Gasteiger partial charge in [0.2, 0.25) is 0 Å². The molecule has 110 valence electrons. The predicted molar refractivity (Wildman–Crippen MR) is 78.2 cm³/mol. The number of carbonyl (C=O) groups excluding carboxylic acids is 1. The van der Waals surface area contributed by atoms with Gasteiger partial charge in [0.25, 0.3) is 0 Å². The van der Waals surface area contributed by atoms with E-state index < -0.39 is 0 Å². The van der Waals surface area contributed by atoms with Crippen LogP contribution in [0.1, 0.15) is 33.5 Å². The lowest BCUT2D eigenvalue weighted by Gasteiger charge is -2.06. The first-order valence-electron chi connectivity index (χ1n) is 6.73. The molecule has 0 aromatic carbocycles. The summed E-state index contributed by atoms with van der Waals surface area (Å²) in [4.78, 5) is 16.3. The number of nitrogens with zero attached hydrogens (tertiary/aromatic N) is 2. The Morgan fingerprint density at radius 1 is 1.55 bits per heavy atom. The number of aromatic nitrogens is 2. The highest BCUT2D eigenvalue weighted by atomic mass is 35.5. The van der Waals surface area contributed by atoms with E-state index in [-0.39, 0.29) is 29.8 Å². The fourth-order valence-electron chi connectivity index (χ4n) is 2.58. The van der Waals surface area contributed by atoms with Gasteiger partial charge in [-0.2, -0.15) is 0 Å². The molecule has 0 aliphatic heterocycles. The number of carbonyl (C=O) groups is 1. The van der Waals surface area contributed by atoms with Crippen LogP contribution in [0.25, 0.3) is 0 Å². The van der Waals surface area contributed by atoms with E-state index in [9.17, 15) is 4.79 Å². The molecule has 2 atom stereocenters. The first kappa shape index (κ1) is 15.1. The van der Waals surface area contributed by atoms with Crippen LogP contribution in [0.2, 0.25) is 5.15 Å². The summed E-state index contributed by atoms with van der Waals surface area (Å²) < 4.78 is 7.09. The van der Waals surface area contributed by atoms with Crippen LogP contribution in [0.3, 0.4) is 0 Å². The molecule has 0 saturated heterocycles. The van der Waals surface area contributed by atoms with Crippen molar-refractivity contribution in [2.75, 3.05) is 0 Å². The van der Waals surface area contributed by atoms with E-state index in [4.69, 9.17) is 16.3 Å². The summed E-state index contributed by atoms with van der Waals surface area (Å²) in [6.45, 7) is 8.46. The summed E-state index contributed by atoms with van der Waals surface area (Å²) in [5.41, 5.74) is 1.21. The Labute approximate surface area is 124 Å². The molecule has 0 radical (unpaired) electrons. The van der Waals surface area contributed by atoms with Crippen molar-refractivity contribution in [3.05, 3.63) is 28.8 Å². The highest BCUT2D eigenvalue weighted by Gasteiger charge is 2.61. The van der Waals surface area contributed by atoms with Gasteiger partial charge in [0, 0.05) is 7.05 Å². The second kappa shape index (κ2) is 5.24. The van der Waals surface area contributed by atoms with E-state index in [1.807, 2.05) is 13.8 Å². The zero-order chi connectivity index (χ0) is 15.1. The van der Waals surface area contributed by atoms with E-state index in [0.29, 0.717) is 11.0 Å². The second-order valence-corrected chi connectivity index (χ2v) is 6.62. The van der Waals surface area contributed by atoms with Crippen molar-refractivity contribution in [1.29, 1.82) is 0 Å². The molecule has 0 unspecified atom stereocenters. The van der Waals surface area contributed by atoms with Gasteiger partial charge in [0.15, 0.2) is 0 Å². The van der Waals surface area contributed by atoms with Crippen molar-refractivity contribution in [3.8, 4) is 0 Å². The van der Waals surface area contributed by atoms with E-state index in [1.165, 1.54) is 5.57 Å². The van der Waals surface area contributed by atoms with Crippen LogP contribution < -0.4 is 0 Å². The van der Waals surface area contributed by atoms with Gasteiger partial charge in [0.05, 0.1) is 12.1 Å². The number of imidazole rings is 1. The summed E-state index contributed by atoms with van der Waals surface area (Å²) in [5, 5.41) is 0.533. The third-order valence-electron chi connectivity index (χ3n) is 4.05. The van der Waals surface area contributed by atoms with Crippen molar-refractivity contribution < 1.29 is 9.53 Å². The lowest BCUT2D eigenvalue weighted by Crippen LogP contribution is -2.12. The summed E-state index contributed by atoms with van der Waals surface area (Å²) in [6, 6.07) is 0. The largest absolute Gasteiger partial charge is 0.457 e. The fourth-order valence-corrected chi connectivity index (χ4v) is 2.73. The number of hydrogen-bond acceptors (Lipinski definition) is 3. The zero-order valence-corrected chi connectivity index (χ0v) is 13.4. The molecule has 1 saturated carbocycles. The molecule has 1 heterocycles. The Kier molecular flexibility index (Phi) is 3.96. The summed E-state index contributed by atoms with van der Waals surface area (Å²) in [6.07, 6.45) is 3.71. The second-order valence-electron chi connectivity index (χ2n) is 6.23. The normalized spacial score (nSPS) is 23.3. The average molecular weight is 297 g/mol. The Hall–Kier alpha value is -1.29. The Morgan fingerprint density at radius 2 is 2.20 bits per heavy atom. The first-order chi connectivity index (χ1) is 9.25. The Morgan fingerprint density at radius 3 is 2.70 bits per heavy atom. The third kappa shape index (κ3) is 2.75. The van der Waals surface area contributed by atoms with Crippen LogP contribution >= 0.6 is 11.6 Å².